The second-order valence-corrected chi connectivity index (χ2v) is 5.71. The first-order valence-electron chi connectivity index (χ1n) is 6.99. The first kappa shape index (κ1) is 11.9. The SMILES string of the molecule is Cc1ccnc(N2CCC[C@@H]3CN(C)CC[C@H]32)n1. The lowest BCUT2D eigenvalue weighted by Gasteiger charge is -2.46. The molecule has 0 unspecified atom stereocenters. The lowest BCUT2D eigenvalue weighted by Crippen LogP contribution is -2.53. The van der Waals surface area contributed by atoms with E-state index in [2.05, 4.69) is 26.8 Å². The molecule has 0 amide bonds. The summed E-state index contributed by atoms with van der Waals surface area (Å²) in [5, 5.41) is 0. The Bertz CT molecular complexity index is 420. The Labute approximate surface area is 109 Å². The molecule has 0 saturated carbocycles. The third-order valence-corrected chi connectivity index (χ3v) is 4.31. The van der Waals surface area contributed by atoms with Crippen LogP contribution in [-0.2, 0) is 0 Å². The molecular formula is C14H22N4. The van der Waals surface area contributed by atoms with E-state index in [-0.39, 0.29) is 0 Å². The Morgan fingerprint density at radius 1 is 1.28 bits per heavy atom. The fourth-order valence-electron chi connectivity index (χ4n) is 3.41. The summed E-state index contributed by atoms with van der Waals surface area (Å²) in [5.74, 6) is 1.73. The van der Waals surface area contributed by atoms with Crippen LogP contribution in [0.4, 0.5) is 5.95 Å². The van der Waals surface area contributed by atoms with E-state index in [9.17, 15) is 0 Å². The van der Waals surface area contributed by atoms with Crippen LogP contribution < -0.4 is 4.90 Å². The van der Waals surface area contributed by atoms with Gasteiger partial charge in [0.25, 0.3) is 0 Å². The number of nitrogens with zero attached hydrogens (tertiary/aromatic N) is 4. The summed E-state index contributed by atoms with van der Waals surface area (Å²) in [4.78, 5) is 14.0. The quantitative estimate of drug-likeness (QED) is 0.755. The van der Waals surface area contributed by atoms with Crippen molar-refractivity contribution >= 4 is 5.95 Å². The van der Waals surface area contributed by atoms with Crippen LogP contribution in [0.15, 0.2) is 12.3 Å². The van der Waals surface area contributed by atoms with Gasteiger partial charge in [-0.1, -0.05) is 0 Å². The minimum absolute atomic E-state index is 0.650. The third kappa shape index (κ3) is 2.21. The van der Waals surface area contributed by atoms with Crippen molar-refractivity contribution in [2.75, 3.05) is 31.6 Å². The molecule has 2 atom stereocenters. The summed E-state index contributed by atoms with van der Waals surface area (Å²) < 4.78 is 0. The van der Waals surface area contributed by atoms with E-state index in [1.165, 1.54) is 32.4 Å². The average Bonchev–Trinajstić information content (AvgIpc) is 2.37. The summed E-state index contributed by atoms with van der Waals surface area (Å²) in [7, 11) is 2.23. The summed E-state index contributed by atoms with van der Waals surface area (Å²) in [6.07, 6.45) is 5.76. The zero-order chi connectivity index (χ0) is 12.5. The largest absolute Gasteiger partial charge is 0.337 e. The zero-order valence-corrected chi connectivity index (χ0v) is 11.3. The molecule has 4 heteroatoms. The Balaban J connectivity index is 1.83. The first-order chi connectivity index (χ1) is 8.74. The number of piperidine rings is 2. The Hall–Kier alpha value is -1.16. The van der Waals surface area contributed by atoms with E-state index in [0.29, 0.717) is 6.04 Å². The van der Waals surface area contributed by atoms with Crippen LogP contribution >= 0.6 is 0 Å². The van der Waals surface area contributed by atoms with Gasteiger partial charge in [0.05, 0.1) is 0 Å². The second-order valence-electron chi connectivity index (χ2n) is 5.71. The highest BCUT2D eigenvalue weighted by Gasteiger charge is 2.35. The van der Waals surface area contributed by atoms with Gasteiger partial charge >= 0.3 is 0 Å². The van der Waals surface area contributed by atoms with E-state index in [0.717, 1.165) is 24.1 Å². The fourth-order valence-corrected chi connectivity index (χ4v) is 3.41. The summed E-state index contributed by atoms with van der Waals surface area (Å²) in [6, 6.07) is 2.62. The highest BCUT2D eigenvalue weighted by atomic mass is 15.3. The van der Waals surface area contributed by atoms with Gasteiger partial charge in [0.2, 0.25) is 5.95 Å². The molecule has 2 aliphatic heterocycles. The number of likely N-dealkylation sites (tertiary alicyclic amines) is 1. The van der Waals surface area contributed by atoms with Crippen molar-refractivity contribution in [3.05, 3.63) is 18.0 Å². The molecule has 4 nitrogen and oxygen atoms in total. The third-order valence-electron chi connectivity index (χ3n) is 4.31. The average molecular weight is 246 g/mol. The highest BCUT2D eigenvalue weighted by molar-refractivity contribution is 5.33. The van der Waals surface area contributed by atoms with E-state index >= 15 is 0 Å². The molecule has 0 aromatic carbocycles. The van der Waals surface area contributed by atoms with Crippen LogP contribution in [0.5, 0.6) is 0 Å². The van der Waals surface area contributed by atoms with Crippen LogP contribution in [0.2, 0.25) is 0 Å². The molecule has 0 spiro atoms. The van der Waals surface area contributed by atoms with Crippen LogP contribution in [0.25, 0.3) is 0 Å². The van der Waals surface area contributed by atoms with E-state index in [1.54, 1.807) is 0 Å². The molecule has 2 saturated heterocycles. The molecule has 0 radical (unpaired) electrons. The van der Waals surface area contributed by atoms with Crippen molar-refractivity contribution < 1.29 is 0 Å². The monoisotopic (exact) mass is 246 g/mol. The van der Waals surface area contributed by atoms with Gasteiger partial charge in [-0.15, -0.1) is 0 Å². The molecule has 3 heterocycles. The summed E-state index contributed by atoms with van der Waals surface area (Å²) in [6.45, 7) is 5.59. The maximum atomic E-state index is 4.61. The number of aryl methyl sites for hydroxylation is 1. The van der Waals surface area contributed by atoms with Gasteiger partial charge in [-0.2, -0.15) is 0 Å². The maximum absolute atomic E-state index is 4.61. The van der Waals surface area contributed by atoms with Gasteiger partial charge in [0, 0.05) is 31.0 Å². The molecule has 0 aliphatic carbocycles. The Morgan fingerprint density at radius 2 is 2.17 bits per heavy atom. The van der Waals surface area contributed by atoms with Crippen LogP contribution in [-0.4, -0.2) is 47.6 Å². The van der Waals surface area contributed by atoms with Gasteiger partial charge in [-0.25, -0.2) is 9.97 Å². The predicted octanol–water partition coefficient (Wildman–Crippen LogP) is 1.71. The molecule has 0 bridgehead atoms. The molecule has 1 aromatic heterocycles. The number of hydrogen-bond donors (Lipinski definition) is 0. The number of fused-ring (bicyclic) bond motifs is 1. The number of aromatic nitrogens is 2. The Kier molecular flexibility index (Phi) is 3.20. The Morgan fingerprint density at radius 3 is 3.00 bits per heavy atom. The zero-order valence-electron chi connectivity index (χ0n) is 11.3. The lowest BCUT2D eigenvalue weighted by atomic mass is 9.84. The van der Waals surface area contributed by atoms with E-state index < -0.39 is 0 Å². The van der Waals surface area contributed by atoms with Crippen molar-refractivity contribution in [1.82, 2.24) is 14.9 Å². The topological polar surface area (TPSA) is 32.3 Å². The first-order valence-corrected chi connectivity index (χ1v) is 6.99. The van der Waals surface area contributed by atoms with Crippen LogP contribution in [0.1, 0.15) is 25.0 Å². The molecular weight excluding hydrogens is 224 g/mol. The molecule has 2 fully saturated rings. The second kappa shape index (κ2) is 4.84. The van der Waals surface area contributed by atoms with Crippen molar-refractivity contribution in [3.8, 4) is 0 Å². The van der Waals surface area contributed by atoms with E-state index in [1.807, 2.05) is 19.2 Å². The van der Waals surface area contributed by atoms with Gasteiger partial charge in [-0.05, 0) is 51.8 Å². The fraction of sp³-hybridized carbons (Fsp3) is 0.714. The van der Waals surface area contributed by atoms with Gasteiger partial charge in [0.1, 0.15) is 0 Å². The van der Waals surface area contributed by atoms with Gasteiger partial charge in [0.15, 0.2) is 0 Å². The minimum Gasteiger partial charge on any atom is -0.337 e. The van der Waals surface area contributed by atoms with Crippen molar-refractivity contribution in [2.24, 2.45) is 5.92 Å². The number of hydrogen-bond acceptors (Lipinski definition) is 4. The standard InChI is InChI=1S/C14H22N4/c1-11-5-7-15-14(16-11)18-8-3-4-12-10-17(2)9-6-13(12)18/h5,7,12-13H,3-4,6,8-10H2,1-2H3/t12-,13-/m1/s1. The van der Waals surface area contributed by atoms with Gasteiger partial charge in [-0.3, -0.25) is 0 Å². The number of anilines is 1. The molecule has 18 heavy (non-hydrogen) atoms. The highest BCUT2D eigenvalue weighted by Crippen LogP contribution is 2.32. The summed E-state index contributed by atoms with van der Waals surface area (Å²) in [5.41, 5.74) is 1.06. The normalized spacial score (nSPS) is 29.1. The molecule has 2 aliphatic rings. The number of rotatable bonds is 1. The van der Waals surface area contributed by atoms with Crippen molar-refractivity contribution in [1.29, 1.82) is 0 Å². The smallest absolute Gasteiger partial charge is 0.225 e. The predicted molar refractivity (Wildman–Crippen MR) is 72.7 cm³/mol. The maximum Gasteiger partial charge on any atom is 0.225 e. The van der Waals surface area contributed by atoms with Crippen molar-refractivity contribution in [2.45, 2.75) is 32.2 Å². The van der Waals surface area contributed by atoms with Crippen LogP contribution in [0, 0.1) is 12.8 Å². The molecule has 98 valence electrons. The minimum atomic E-state index is 0.650. The van der Waals surface area contributed by atoms with E-state index in [4.69, 9.17) is 0 Å². The lowest BCUT2D eigenvalue weighted by molar-refractivity contribution is 0.153. The molecule has 1 aromatic rings. The summed E-state index contributed by atoms with van der Waals surface area (Å²) >= 11 is 0. The van der Waals surface area contributed by atoms with Crippen LogP contribution in [0.3, 0.4) is 0 Å². The van der Waals surface area contributed by atoms with Crippen molar-refractivity contribution in [3.63, 3.8) is 0 Å². The van der Waals surface area contributed by atoms with Gasteiger partial charge < -0.3 is 9.80 Å². The molecule has 0 N–H and O–H groups in total. The molecule has 3 rings (SSSR count).